The first-order valence-corrected chi connectivity index (χ1v) is 3.91. The second-order valence-electron chi connectivity index (χ2n) is 2.48. The molecule has 1 aromatic rings. The van der Waals surface area contributed by atoms with Gasteiger partial charge in [0.15, 0.2) is 11.6 Å². The molecule has 76 valence electrons. The van der Waals surface area contributed by atoms with Crippen molar-refractivity contribution in [2.24, 2.45) is 0 Å². The van der Waals surface area contributed by atoms with Crippen molar-refractivity contribution >= 4 is 23.3 Å². The van der Waals surface area contributed by atoms with Crippen LogP contribution in [0, 0.1) is 5.82 Å². The van der Waals surface area contributed by atoms with Crippen LogP contribution in [0.5, 0.6) is 5.75 Å². The van der Waals surface area contributed by atoms with E-state index in [-0.39, 0.29) is 11.4 Å². The molecule has 0 heterocycles. The number of benzene rings is 1. The van der Waals surface area contributed by atoms with E-state index in [1.165, 1.54) is 7.11 Å². The summed E-state index contributed by atoms with van der Waals surface area (Å²) >= 11 is 5.50. The lowest BCUT2D eigenvalue weighted by atomic mass is 10.1. The van der Waals surface area contributed by atoms with Gasteiger partial charge in [-0.1, -0.05) is 11.6 Å². The van der Waals surface area contributed by atoms with Gasteiger partial charge in [0.1, 0.15) is 5.02 Å². The maximum absolute atomic E-state index is 13.2. The van der Waals surface area contributed by atoms with Crippen molar-refractivity contribution in [1.82, 2.24) is 0 Å². The van der Waals surface area contributed by atoms with Crippen molar-refractivity contribution in [3.05, 3.63) is 22.5 Å². The molecule has 0 spiro atoms. The van der Waals surface area contributed by atoms with Crippen molar-refractivity contribution < 1.29 is 19.0 Å². The number of carbonyl (C=O) groups is 1. The third-order valence-electron chi connectivity index (χ3n) is 1.63. The molecule has 1 rings (SSSR count). The molecule has 0 aromatic heterocycles. The summed E-state index contributed by atoms with van der Waals surface area (Å²) in [6.45, 7) is 0. The van der Waals surface area contributed by atoms with Gasteiger partial charge >= 0.3 is 5.97 Å². The predicted octanol–water partition coefficient (Wildman–Crippen LogP) is 1.77. The van der Waals surface area contributed by atoms with Gasteiger partial charge in [-0.3, -0.25) is 0 Å². The Bertz CT molecular complexity index is 395. The number of hydrogen-bond donors (Lipinski definition) is 2. The van der Waals surface area contributed by atoms with E-state index in [4.69, 9.17) is 27.2 Å². The lowest BCUT2D eigenvalue weighted by Crippen LogP contribution is -2.05. The molecule has 0 saturated heterocycles. The number of hydrogen-bond acceptors (Lipinski definition) is 3. The molecular formula is C8H7ClFNO3. The number of rotatable bonds is 2. The average Bonchev–Trinajstić information content (AvgIpc) is 2.12. The summed E-state index contributed by atoms with van der Waals surface area (Å²) in [5.74, 6) is -2.54. The van der Waals surface area contributed by atoms with Crippen LogP contribution in [-0.4, -0.2) is 18.2 Å². The molecule has 0 aliphatic carbocycles. The predicted molar refractivity (Wildman–Crippen MR) is 49.3 cm³/mol. The van der Waals surface area contributed by atoms with Gasteiger partial charge in [-0.15, -0.1) is 0 Å². The highest BCUT2D eigenvalue weighted by Crippen LogP contribution is 2.35. The van der Waals surface area contributed by atoms with Crippen molar-refractivity contribution in [2.75, 3.05) is 12.8 Å². The van der Waals surface area contributed by atoms with E-state index in [2.05, 4.69) is 0 Å². The van der Waals surface area contributed by atoms with Gasteiger partial charge in [0, 0.05) is 0 Å². The fraction of sp³-hybridized carbons (Fsp3) is 0.125. The zero-order chi connectivity index (χ0) is 10.9. The fourth-order valence-electron chi connectivity index (χ4n) is 0.992. The van der Waals surface area contributed by atoms with Gasteiger partial charge in [0.05, 0.1) is 18.4 Å². The van der Waals surface area contributed by atoms with Crippen LogP contribution in [0.1, 0.15) is 10.4 Å². The van der Waals surface area contributed by atoms with Gasteiger partial charge in [0.25, 0.3) is 0 Å². The van der Waals surface area contributed by atoms with Crippen LogP contribution in [0.15, 0.2) is 6.07 Å². The Morgan fingerprint density at radius 1 is 1.71 bits per heavy atom. The molecule has 0 aliphatic heterocycles. The summed E-state index contributed by atoms with van der Waals surface area (Å²) in [6.07, 6.45) is 0. The summed E-state index contributed by atoms with van der Waals surface area (Å²) in [5, 5.41) is 8.16. The first-order chi connectivity index (χ1) is 6.49. The summed E-state index contributed by atoms with van der Waals surface area (Å²) in [6, 6.07) is 0.961. The normalized spacial score (nSPS) is 9.93. The van der Waals surface area contributed by atoms with E-state index in [1.807, 2.05) is 0 Å². The topological polar surface area (TPSA) is 72.5 Å². The molecule has 0 amide bonds. The fourth-order valence-corrected chi connectivity index (χ4v) is 1.28. The molecule has 0 unspecified atom stereocenters. The van der Waals surface area contributed by atoms with Crippen molar-refractivity contribution in [1.29, 1.82) is 0 Å². The Hall–Kier alpha value is -1.49. The first-order valence-electron chi connectivity index (χ1n) is 3.53. The number of nitrogens with two attached hydrogens (primary N) is 1. The van der Waals surface area contributed by atoms with E-state index in [0.29, 0.717) is 0 Å². The molecule has 3 N–H and O–H groups in total. The number of nitrogen functional groups attached to an aromatic ring is 1. The van der Waals surface area contributed by atoms with E-state index in [9.17, 15) is 9.18 Å². The minimum Gasteiger partial charge on any atom is -0.493 e. The smallest absolute Gasteiger partial charge is 0.338 e. The lowest BCUT2D eigenvalue weighted by molar-refractivity contribution is 0.0692. The van der Waals surface area contributed by atoms with E-state index >= 15 is 0 Å². The standard InChI is InChI=1S/C8H7ClFNO3/c1-14-7-4(11)2-3(8(12)13)6(10)5(7)9/h2H,11H2,1H3,(H,12,13). The summed E-state index contributed by atoms with van der Waals surface area (Å²) in [7, 11) is 1.26. The number of aromatic carboxylic acids is 1. The second-order valence-corrected chi connectivity index (χ2v) is 2.86. The third kappa shape index (κ3) is 1.58. The Balaban J connectivity index is 3.47. The Kier molecular flexibility index (Phi) is 2.81. The van der Waals surface area contributed by atoms with Crippen LogP contribution in [0.3, 0.4) is 0 Å². The Labute approximate surface area is 84.0 Å². The molecule has 6 heteroatoms. The Morgan fingerprint density at radius 3 is 2.71 bits per heavy atom. The van der Waals surface area contributed by atoms with Crippen LogP contribution in [-0.2, 0) is 0 Å². The van der Waals surface area contributed by atoms with Crippen LogP contribution >= 0.6 is 11.6 Å². The summed E-state index contributed by atoms with van der Waals surface area (Å²) < 4.78 is 17.9. The molecule has 0 atom stereocenters. The second kappa shape index (κ2) is 3.71. The third-order valence-corrected chi connectivity index (χ3v) is 1.96. The molecule has 0 fully saturated rings. The van der Waals surface area contributed by atoms with Gasteiger partial charge < -0.3 is 15.6 Å². The largest absolute Gasteiger partial charge is 0.493 e. The average molecular weight is 220 g/mol. The van der Waals surface area contributed by atoms with Crippen LogP contribution in [0.2, 0.25) is 5.02 Å². The van der Waals surface area contributed by atoms with Crippen molar-refractivity contribution in [3.8, 4) is 5.75 Å². The first kappa shape index (κ1) is 10.6. The Morgan fingerprint density at radius 2 is 2.29 bits per heavy atom. The number of anilines is 1. The number of methoxy groups -OCH3 is 1. The lowest BCUT2D eigenvalue weighted by Gasteiger charge is -2.08. The zero-order valence-corrected chi connectivity index (χ0v) is 7.93. The van der Waals surface area contributed by atoms with E-state index in [0.717, 1.165) is 6.07 Å². The number of halogens is 2. The highest BCUT2D eigenvalue weighted by Gasteiger charge is 2.19. The highest BCUT2D eigenvalue weighted by molar-refractivity contribution is 6.33. The van der Waals surface area contributed by atoms with E-state index in [1.54, 1.807) is 0 Å². The SMILES string of the molecule is COc1c(N)cc(C(=O)O)c(F)c1Cl. The molecule has 0 bridgehead atoms. The van der Waals surface area contributed by atoms with Gasteiger partial charge in [-0.25, -0.2) is 9.18 Å². The minimum absolute atomic E-state index is 0.0173. The molecule has 0 saturated carbocycles. The number of carboxylic acids is 1. The van der Waals surface area contributed by atoms with Crippen molar-refractivity contribution in [2.45, 2.75) is 0 Å². The number of ether oxygens (including phenoxy) is 1. The number of carboxylic acid groups (broad SMARTS) is 1. The summed E-state index contributed by atoms with van der Waals surface area (Å²) in [4.78, 5) is 10.5. The van der Waals surface area contributed by atoms with Gasteiger partial charge in [-0.2, -0.15) is 0 Å². The molecular weight excluding hydrogens is 213 g/mol. The minimum atomic E-state index is -1.43. The van der Waals surface area contributed by atoms with Crippen molar-refractivity contribution in [3.63, 3.8) is 0 Å². The summed E-state index contributed by atoms with van der Waals surface area (Å²) in [5.41, 5.74) is 4.81. The molecule has 4 nitrogen and oxygen atoms in total. The highest BCUT2D eigenvalue weighted by atomic mass is 35.5. The quantitative estimate of drug-likeness (QED) is 0.744. The molecule has 1 aromatic carbocycles. The maximum atomic E-state index is 13.2. The van der Waals surface area contributed by atoms with Crippen LogP contribution in [0.4, 0.5) is 10.1 Å². The van der Waals surface area contributed by atoms with Crippen LogP contribution < -0.4 is 10.5 Å². The molecule has 14 heavy (non-hydrogen) atoms. The molecule has 0 radical (unpaired) electrons. The van der Waals surface area contributed by atoms with Crippen LogP contribution in [0.25, 0.3) is 0 Å². The maximum Gasteiger partial charge on any atom is 0.338 e. The van der Waals surface area contributed by atoms with Gasteiger partial charge in [0.2, 0.25) is 0 Å². The molecule has 0 aliphatic rings. The van der Waals surface area contributed by atoms with E-state index < -0.39 is 22.4 Å². The zero-order valence-electron chi connectivity index (χ0n) is 7.17. The van der Waals surface area contributed by atoms with Gasteiger partial charge in [-0.05, 0) is 6.07 Å². The monoisotopic (exact) mass is 219 g/mol.